The average molecular weight is 512 g/mol. The van der Waals surface area contributed by atoms with Gasteiger partial charge in [-0.25, -0.2) is 0 Å². The van der Waals surface area contributed by atoms with E-state index in [0.717, 1.165) is 37.8 Å². The van der Waals surface area contributed by atoms with Crippen molar-refractivity contribution in [3.8, 4) is 0 Å². The van der Waals surface area contributed by atoms with E-state index in [-0.39, 0.29) is 30.0 Å². The number of rotatable bonds is 9. The predicted molar refractivity (Wildman–Crippen MR) is 129 cm³/mol. The van der Waals surface area contributed by atoms with Crippen LogP contribution in [0.2, 0.25) is 0 Å². The van der Waals surface area contributed by atoms with Gasteiger partial charge in [0.25, 0.3) is 0 Å². The monoisotopic (exact) mass is 512 g/mol. The van der Waals surface area contributed by atoms with Crippen LogP contribution in [0.1, 0.15) is 43.6 Å². The molecule has 1 aliphatic heterocycles. The molecule has 0 amide bonds. The van der Waals surface area contributed by atoms with Crippen molar-refractivity contribution in [3.63, 3.8) is 0 Å². The van der Waals surface area contributed by atoms with Gasteiger partial charge in [0.1, 0.15) is 12.4 Å². The van der Waals surface area contributed by atoms with Gasteiger partial charge in [-0.2, -0.15) is 0 Å². The van der Waals surface area contributed by atoms with Crippen LogP contribution in [-0.2, 0) is 11.3 Å². The molecule has 1 aromatic carbocycles. The van der Waals surface area contributed by atoms with Crippen LogP contribution in [0.3, 0.4) is 0 Å². The fourth-order valence-electron chi connectivity index (χ4n) is 3.40. The number of benzene rings is 1. The van der Waals surface area contributed by atoms with Crippen LogP contribution < -0.4 is 15.5 Å². The van der Waals surface area contributed by atoms with Crippen LogP contribution in [0, 0.1) is 0 Å². The maximum absolute atomic E-state index is 5.61. The van der Waals surface area contributed by atoms with Crippen molar-refractivity contribution in [1.82, 2.24) is 10.6 Å². The van der Waals surface area contributed by atoms with Gasteiger partial charge in [-0.15, -0.1) is 24.0 Å². The third kappa shape index (κ3) is 7.54. The molecule has 2 heterocycles. The molecule has 0 spiro atoms. The van der Waals surface area contributed by atoms with E-state index in [2.05, 4.69) is 51.7 Å². The quantitative estimate of drug-likeness (QED) is 0.227. The molecular formula is C22H33IN4O2. The molecule has 29 heavy (non-hydrogen) atoms. The van der Waals surface area contributed by atoms with Gasteiger partial charge in [0, 0.05) is 39.0 Å². The summed E-state index contributed by atoms with van der Waals surface area (Å²) in [6.45, 7) is 6.50. The molecule has 3 rings (SSSR count). The van der Waals surface area contributed by atoms with Crippen LogP contribution >= 0.6 is 24.0 Å². The smallest absolute Gasteiger partial charge is 0.191 e. The number of ether oxygens (including phenoxy) is 1. The Morgan fingerprint density at radius 1 is 1.24 bits per heavy atom. The Labute approximate surface area is 191 Å². The van der Waals surface area contributed by atoms with E-state index in [1.807, 2.05) is 12.1 Å². The lowest BCUT2D eigenvalue weighted by Crippen LogP contribution is -2.39. The lowest BCUT2D eigenvalue weighted by molar-refractivity contribution is 0.105. The largest absolute Gasteiger partial charge is 0.467 e. The van der Waals surface area contributed by atoms with Gasteiger partial charge in [-0.1, -0.05) is 12.1 Å². The summed E-state index contributed by atoms with van der Waals surface area (Å²) < 4.78 is 10.9. The number of nitrogens with zero attached hydrogens (tertiary/aromatic N) is 2. The Balaban J connectivity index is 0.00000300. The van der Waals surface area contributed by atoms with Crippen molar-refractivity contribution in [2.75, 3.05) is 38.2 Å². The van der Waals surface area contributed by atoms with Gasteiger partial charge in [-0.05, 0) is 56.0 Å². The fourth-order valence-corrected chi connectivity index (χ4v) is 3.40. The first-order valence-electron chi connectivity index (χ1n) is 10.2. The molecule has 160 valence electrons. The van der Waals surface area contributed by atoms with Gasteiger partial charge < -0.3 is 24.7 Å². The predicted octanol–water partition coefficient (Wildman–Crippen LogP) is 4.33. The molecule has 1 aromatic heterocycles. The summed E-state index contributed by atoms with van der Waals surface area (Å²) >= 11 is 0. The van der Waals surface area contributed by atoms with Gasteiger partial charge >= 0.3 is 0 Å². The van der Waals surface area contributed by atoms with Crippen molar-refractivity contribution in [2.45, 2.75) is 38.8 Å². The average Bonchev–Trinajstić information content (AvgIpc) is 3.44. The van der Waals surface area contributed by atoms with Crippen LogP contribution in [0.15, 0.2) is 52.1 Å². The normalized spacial score (nSPS) is 15.1. The van der Waals surface area contributed by atoms with Crippen molar-refractivity contribution >= 4 is 35.6 Å². The molecule has 7 heteroatoms. The highest BCUT2D eigenvalue weighted by molar-refractivity contribution is 14.0. The van der Waals surface area contributed by atoms with Gasteiger partial charge in [-0.3, -0.25) is 4.99 Å². The van der Waals surface area contributed by atoms with Gasteiger partial charge in [0.05, 0.1) is 12.3 Å². The molecule has 1 aliphatic rings. The number of halogens is 1. The SMILES string of the molecule is CN=C(NCCCOCc1ccco1)NC(C)c1cccc(N2CCCC2)c1.I. The third-order valence-corrected chi connectivity index (χ3v) is 5.00. The summed E-state index contributed by atoms with van der Waals surface area (Å²) in [5.74, 6) is 1.67. The molecule has 2 aromatic rings. The number of guanidine groups is 1. The summed E-state index contributed by atoms with van der Waals surface area (Å²) in [6.07, 6.45) is 5.15. The van der Waals surface area contributed by atoms with Crippen LogP contribution in [0.4, 0.5) is 5.69 Å². The minimum absolute atomic E-state index is 0. The topological polar surface area (TPSA) is 62.0 Å². The minimum Gasteiger partial charge on any atom is -0.467 e. The summed E-state index contributed by atoms with van der Waals surface area (Å²) in [5.41, 5.74) is 2.59. The number of hydrogen-bond donors (Lipinski definition) is 2. The van der Waals surface area contributed by atoms with Crippen molar-refractivity contribution in [2.24, 2.45) is 4.99 Å². The summed E-state index contributed by atoms with van der Waals surface area (Å²) in [5, 5.41) is 6.84. The Bertz CT molecular complexity index is 730. The molecule has 2 N–H and O–H groups in total. The second-order valence-electron chi connectivity index (χ2n) is 7.14. The Hall–Kier alpha value is -1.74. The Morgan fingerprint density at radius 3 is 2.79 bits per heavy atom. The molecule has 6 nitrogen and oxygen atoms in total. The standard InChI is InChI=1S/C22H32N4O2.HI/c1-18(19-8-5-9-20(16-19)26-12-3-4-13-26)25-22(23-2)24-11-7-14-27-17-21-10-6-15-28-21;/h5-6,8-10,15-16,18H,3-4,7,11-14,17H2,1-2H3,(H2,23,24,25);1H. The van der Waals surface area contributed by atoms with Crippen molar-refractivity contribution < 1.29 is 9.15 Å². The van der Waals surface area contributed by atoms with E-state index in [1.54, 1.807) is 13.3 Å². The lowest BCUT2D eigenvalue weighted by atomic mass is 10.1. The van der Waals surface area contributed by atoms with E-state index in [4.69, 9.17) is 9.15 Å². The Morgan fingerprint density at radius 2 is 2.07 bits per heavy atom. The number of nitrogens with one attached hydrogen (secondary N) is 2. The van der Waals surface area contributed by atoms with Crippen molar-refractivity contribution in [3.05, 3.63) is 54.0 Å². The lowest BCUT2D eigenvalue weighted by Gasteiger charge is -2.22. The molecular weight excluding hydrogens is 479 g/mol. The van der Waals surface area contributed by atoms with Gasteiger partial charge in [0.2, 0.25) is 0 Å². The third-order valence-electron chi connectivity index (χ3n) is 5.00. The molecule has 1 unspecified atom stereocenters. The summed E-state index contributed by atoms with van der Waals surface area (Å²) in [7, 11) is 1.80. The molecule has 1 fully saturated rings. The maximum Gasteiger partial charge on any atom is 0.191 e. The van der Waals surface area contributed by atoms with E-state index >= 15 is 0 Å². The number of anilines is 1. The zero-order valence-electron chi connectivity index (χ0n) is 17.4. The van der Waals surface area contributed by atoms with E-state index < -0.39 is 0 Å². The second-order valence-corrected chi connectivity index (χ2v) is 7.14. The van der Waals surface area contributed by atoms with Crippen LogP contribution in [0.5, 0.6) is 0 Å². The number of aliphatic imine (C=N–C) groups is 1. The first-order valence-corrected chi connectivity index (χ1v) is 10.2. The zero-order valence-corrected chi connectivity index (χ0v) is 19.7. The minimum atomic E-state index is 0. The molecule has 1 atom stereocenters. The highest BCUT2D eigenvalue weighted by Gasteiger charge is 2.14. The highest BCUT2D eigenvalue weighted by atomic mass is 127. The second kappa shape index (κ2) is 12.7. The highest BCUT2D eigenvalue weighted by Crippen LogP contribution is 2.23. The van der Waals surface area contributed by atoms with Crippen LogP contribution in [0.25, 0.3) is 0 Å². The first kappa shape index (κ1) is 23.5. The molecule has 1 saturated heterocycles. The molecule has 0 bridgehead atoms. The summed E-state index contributed by atoms with van der Waals surface area (Å²) in [6, 6.07) is 12.8. The van der Waals surface area contributed by atoms with E-state index in [1.165, 1.54) is 24.1 Å². The zero-order chi connectivity index (χ0) is 19.6. The summed E-state index contributed by atoms with van der Waals surface area (Å²) in [4.78, 5) is 6.80. The van der Waals surface area contributed by atoms with E-state index in [0.29, 0.717) is 13.2 Å². The maximum atomic E-state index is 5.61. The molecule has 0 radical (unpaired) electrons. The fraction of sp³-hybridized carbons (Fsp3) is 0.500. The number of hydrogen-bond acceptors (Lipinski definition) is 4. The Kier molecular flexibility index (Phi) is 10.3. The first-order chi connectivity index (χ1) is 13.8. The number of furan rings is 1. The van der Waals surface area contributed by atoms with Crippen LogP contribution in [-0.4, -0.2) is 39.2 Å². The molecule has 0 aliphatic carbocycles. The van der Waals surface area contributed by atoms with Crippen molar-refractivity contribution in [1.29, 1.82) is 0 Å². The van der Waals surface area contributed by atoms with Gasteiger partial charge in [0.15, 0.2) is 5.96 Å². The molecule has 0 saturated carbocycles. The van der Waals surface area contributed by atoms with E-state index in [9.17, 15) is 0 Å².